The number of esters is 1. The maximum atomic E-state index is 14.0. The third-order valence-electron chi connectivity index (χ3n) is 4.65. The van der Waals surface area contributed by atoms with Crippen molar-refractivity contribution in [3.8, 4) is 5.75 Å². The zero-order valence-corrected chi connectivity index (χ0v) is 15.3. The van der Waals surface area contributed by atoms with Crippen molar-refractivity contribution in [1.82, 2.24) is 0 Å². The van der Waals surface area contributed by atoms with Crippen molar-refractivity contribution in [3.05, 3.63) is 88.9 Å². The first-order valence-corrected chi connectivity index (χ1v) is 8.79. The van der Waals surface area contributed by atoms with E-state index in [0.29, 0.717) is 34.7 Å². The molecular weight excluding hydrogens is 391 g/mol. The fraction of sp³-hybridized carbons (Fsp3) is 0.0952. The van der Waals surface area contributed by atoms with Gasteiger partial charge in [0.25, 0.3) is 0 Å². The van der Waals surface area contributed by atoms with Crippen LogP contribution in [0.4, 0.5) is 18.9 Å². The molecule has 1 aliphatic carbocycles. The van der Waals surface area contributed by atoms with Crippen LogP contribution in [0.2, 0.25) is 0 Å². The summed E-state index contributed by atoms with van der Waals surface area (Å²) in [4.78, 5) is 14.9. The molecule has 142 valence electrons. The molecule has 0 spiro atoms. The molecule has 0 aromatic heterocycles. The van der Waals surface area contributed by atoms with E-state index in [0.717, 1.165) is 0 Å². The number of carbonyl (C=O) groups is 1. The minimum Gasteiger partial charge on any atom is -0.416 e. The van der Waals surface area contributed by atoms with Gasteiger partial charge < -0.3 is 9.64 Å². The minimum atomic E-state index is -1.57. The topological polar surface area (TPSA) is 29.5 Å². The van der Waals surface area contributed by atoms with Crippen molar-refractivity contribution in [1.29, 1.82) is 0 Å². The second kappa shape index (κ2) is 6.87. The molecule has 3 nitrogen and oxygen atoms in total. The fourth-order valence-electron chi connectivity index (χ4n) is 3.35. The van der Waals surface area contributed by atoms with Crippen molar-refractivity contribution in [2.75, 3.05) is 11.9 Å². The summed E-state index contributed by atoms with van der Waals surface area (Å²) >= 11 is 6.42. The summed E-state index contributed by atoms with van der Waals surface area (Å²) in [6, 6.07) is 8.32. The molecule has 2 aromatic carbocycles. The molecule has 1 unspecified atom stereocenters. The zero-order chi connectivity index (χ0) is 20.0. The molecule has 2 aromatic rings. The van der Waals surface area contributed by atoms with Crippen LogP contribution in [0.5, 0.6) is 5.75 Å². The molecule has 4 rings (SSSR count). The highest BCUT2D eigenvalue weighted by molar-refractivity contribution is 6.29. The molecular formula is C21H13ClF3NO2. The number of nitrogens with zero attached hydrogens (tertiary/aromatic N) is 1. The van der Waals surface area contributed by atoms with E-state index in [1.807, 2.05) is 11.9 Å². The molecule has 2 aliphatic rings. The summed E-state index contributed by atoms with van der Waals surface area (Å²) < 4.78 is 46.4. The summed E-state index contributed by atoms with van der Waals surface area (Å²) in [6.45, 7) is 0. The smallest absolute Gasteiger partial charge is 0.344 e. The first-order chi connectivity index (χ1) is 13.4. The van der Waals surface area contributed by atoms with Crippen molar-refractivity contribution in [2.24, 2.45) is 0 Å². The van der Waals surface area contributed by atoms with Crippen LogP contribution in [0, 0.1) is 17.5 Å². The number of halogens is 4. The van der Waals surface area contributed by atoms with E-state index in [9.17, 15) is 18.0 Å². The summed E-state index contributed by atoms with van der Waals surface area (Å²) in [6.07, 6.45) is 5.22. The Kier molecular flexibility index (Phi) is 4.51. The van der Waals surface area contributed by atoms with Gasteiger partial charge in [-0.05, 0) is 24.3 Å². The highest BCUT2D eigenvalue weighted by Gasteiger charge is 2.35. The van der Waals surface area contributed by atoms with Gasteiger partial charge in [-0.3, -0.25) is 0 Å². The summed E-state index contributed by atoms with van der Waals surface area (Å²) in [7, 11) is 1.82. The summed E-state index contributed by atoms with van der Waals surface area (Å²) in [5.41, 5.74) is 2.39. The number of ether oxygens (including phenoxy) is 1. The van der Waals surface area contributed by atoms with Crippen LogP contribution in [0.15, 0.2) is 65.9 Å². The number of carbonyl (C=O) groups excluding carboxylic acids is 1. The Morgan fingerprint density at radius 1 is 1.11 bits per heavy atom. The molecule has 0 bridgehead atoms. The van der Waals surface area contributed by atoms with Gasteiger partial charge >= 0.3 is 5.97 Å². The quantitative estimate of drug-likeness (QED) is 0.307. The number of fused-ring (bicyclic) bond motifs is 2. The predicted molar refractivity (Wildman–Crippen MR) is 101 cm³/mol. The molecule has 0 N–H and O–H groups in total. The normalized spacial score (nSPS) is 17.8. The lowest BCUT2D eigenvalue weighted by molar-refractivity contribution is -0.128. The van der Waals surface area contributed by atoms with E-state index in [4.69, 9.17) is 16.3 Å². The van der Waals surface area contributed by atoms with Crippen molar-refractivity contribution in [2.45, 2.75) is 5.38 Å². The van der Waals surface area contributed by atoms with E-state index in [1.54, 1.807) is 42.5 Å². The van der Waals surface area contributed by atoms with E-state index >= 15 is 0 Å². The van der Waals surface area contributed by atoms with Crippen molar-refractivity contribution >= 4 is 28.8 Å². The van der Waals surface area contributed by atoms with Gasteiger partial charge in [0.05, 0.1) is 11.0 Å². The molecule has 7 heteroatoms. The standard InChI is InChI=1S/C21H13ClF3NO2/c1-26-15-7-3-2-5-11(15)17(18-12(22)6-4-8-16(18)26)21(27)28-20-14(24)10-9-13(23)19(20)25/h2-10,12H,1H3. The van der Waals surface area contributed by atoms with E-state index in [1.165, 1.54) is 0 Å². The Hall–Kier alpha value is -2.99. The molecule has 1 heterocycles. The number of para-hydroxylation sites is 1. The van der Waals surface area contributed by atoms with Crippen molar-refractivity contribution < 1.29 is 22.7 Å². The lowest BCUT2D eigenvalue weighted by atomic mass is 9.87. The summed E-state index contributed by atoms with van der Waals surface area (Å²) in [5, 5.41) is -0.652. The van der Waals surface area contributed by atoms with Crippen LogP contribution in [-0.2, 0) is 4.79 Å². The van der Waals surface area contributed by atoms with Crippen LogP contribution in [0.25, 0.3) is 5.57 Å². The molecule has 28 heavy (non-hydrogen) atoms. The Balaban J connectivity index is 1.88. The number of allylic oxidation sites excluding steroid dienone is 4. The number of benzene rings is 2. The maximum absolute atomic E-state index is 14.0. The number of hydrogen-bond donors (Lipinski definition) is 0. The van der Waals surface area contributed by atoms with Crippen LogP contribution in [0.1, 0.15) is 5.56 Å². The predicted octanol–water partition coefficient (Wildman–Crippen LogP) is 4.97. The van der Waals surface area contributed by atoms with E-state index < -0.39 is 34.5 Å². The Morgan fingerprint density at radius 3 is 2.61 bits per heavy atom. The van der Waals surface area contributed by atoms with E-state index in [-0.39, 0.29) is 5.57 Å². The first kappa shape index (κ1) is 18.4. The SMILES string of the molecule is CN1C2=CC=CC(Cl)C2=C(C(=O)Oc2c(F)ccc(F)c2F)c2ccccc21. The van der Waals surface area contributed by atoms with Crippen LogP contribution in [0.3, 0.4) is 0 Å². The highest BCUT2D eigenvalue weighted by Crippen LogP contribution is 2.44. The Bertz CT molecular complexity index is 1090. The molecule has 0 saturated carbocycles. The number of anilines is 1. The van der Waals surface area contributed by atoms with Gasteiger partial charge in [0.15, 0.2) is 11.6 Å². The van der Waals surface area contributed by atoms with Crippen molar-refractivity contribution in [3.63, 3.8) is 0 Å². The monoisotopic (exact) mass is 403 g/mol. The Labute approximate surface area is 164 Å². The second-order valence-electron chi connectivity index (χ2n) is 6.27. The maximum Gasteiger partial charge on any atom is 0.344 e. The van der Waals surface area contributed by atoms with Gasteiger partial charge in [-0.1, -0.05) is 30.4 Å². The average Bonchev–Trinajstić information content (AvgIpc) is 2.69. The van der Waals surface area contributed by atoms with Crippen LogP contribution < -0.4 is 9.64 Å². The zero-order valence-electron chi connectivity index (χ0n) is 14.5. The van der Waals surface area contributed by atoms with Gasteiger partial charge in [0.2, 0.25) is 11.6 Å². The molecule has 0 amide bonds. The van der Waals surface area contributed by atoms with Crippen LogP contribution >= 0.6 is 11.6 Å². The first-order valence-electron chi connectivity index (χ1n) is 8.36. The number of rotatable bonds is 2. The molecule has 0 saturated heterocycles. The third kappa shape index (κ3) is 2.81. The molecule has 1 aliphatic heterocycles. The number of hydrogen-bond acceptors (Lipinski definition) is 3. The van der Waals surface area contributed by atoms with Crippen LogP contribution in [-0.4, -0.2) is 18.4 Å². The Morgan fingerprint density at radius 2 is 1.82 bits per heavy atom. The lowest BCUT2D eigenvalue weighted by Gasteiger charge is -2.35. The fourth-order valence-corrected chi connectivity index (χ4v) is 3.65. The van der Waals surface area contributed by atoms with E-state index in [2.05, 4.69) is 0 Å². The minimum absolute atomic E-state index is 0.0763. The second-order valence-corrected chi connectivity index (χ2v) is 6.74. The largest absolute Gasteiger partial charge is 0.416 e. The van der Waals surface area contributed by atoms with Gasteiger partial charge in [-0.25, -0.2) is 13.6 Å². The average molecular weight is 404 g/mol. The third-order valence-corrected chi connectivity index (χ3v) is 5.02. The van der Waals surface area contributed by atoms with Gasteiger partial charge in [0, 0.05) is 29.6 Å². The van der Waals surface area contributed by atoms with Gasteiger partial charge in [0.1, 0.15) is 0 Å². The number of alkyl halides is 1. The van der Waals surface area contributed by atoms with Gasteiger partial charge in [-0.2, -0.15) is 4.39 Å². The highest BCUT2D eigenvalue weighted by atomic mass is 35.5. The molecule has 1 atom stereocenters. The molecule has 0 radical (unpaired) electrons. The lowest BCUT2D eigenvalue weighted by Crippen LogP contribution is -2.31. The van der Waals surface area contributed by atoms with Gasteiger partial charge in [-0.15, -0.1) is 11.6 Å². The molecule has 0 fully saturated rings. The number of likely N-dealkylation sites (N-methyl/N-ethyl adjacent to an activating group) is 1. The summed E-state index contributed by atoms with van der Waals surface area (Å²) in [5.74, 6) is -6.17.